The summed E-state index contributed by atoms with van der Waals surface area (Å²) in [6, 6.07) is 22.1. The van der Waals surface area contributed by atoms with Gasteiger partial charge in [-0.3, -0.25) is 14.5 Å². The van der Waals surface area contributed by atoms with Crippen LogP contribution in [0.15, 0.2) is 84.4 Å². The third kappa shape index (κ3) is 4.32. The molecule has 1 heterocycles. The number of anilines is 1. The molecule has 6 heteroatoms. The summed E-state index contributed by atoms with van der Waals surface area (Å²) in [7, 11) is 0. The van der Waals surface area contributed by atoms with E-state index in [-0.39, 0.29) is 11.3 Å². The summed E-state index contributed by atoms with van der Waals surface area (Å²) in [4.78, 5) is 27.8. The van der Waals surface area contributed by atoms with E-state index >= 15 is 0 Å². The van der Waals surface area contributed by atoms with Crippen LogP contribution in [0.1, 0.15) is 31.0 Å². The lowest BCUT2D eigenvalue weighted by Gasteiger charge is -2.25. The Morgan fingerprint density at radius 3 is 1.91 bits per heavy atom. The molecule has 0 aliphatic carbocycles. The lowest BCUT2D eigenvalue weighted by atomic mass is 9.95. The van der Waals surface area contributed by atoms with Crippen LogP contribution < -0.4 is 14.4 Å². The number of hydrogen-bond acceptors (Lipinski definition) is 5. The molecule has 1 N–H and O–H groups in total. The predicted octanol–water partition coefficient (Wildman–Crippen LogP) is 5.11. The fourth-order valence-corrected chi connectivity index (χ4v) is 3.95. The van der Waals surface area contributed by atoms with Gasteiger partial charge in [-0.05, 0) is 55.8 Å². The smallest absolute Gasteiger partial charge is 0.300 e. The molecule has 0 aromatic heterocycles. The number of rotatable bonds is 7. The maximum absolute atomic E-state index is 13.2. The number of Topliss-reactive ketones (excluding diaryl/α,β-unsaturated/α-hetero) is 1. The second kappa shape index (κ2) is 9.61. The molecule has 0 bridgehead atoms. The highest BCUT2D eigenvalue weighted by molar-refractivity contribution is 6.51. The number of carbonyl (C=O) groups is 2. The molecular weight excluding hydrogens is 418 g/mol. The topological polar surface area (TPSA) is 76.1 Å². The van der Waals surface area contributed by atoms with E-state index in [0.29, 0.717) is 41.5 Å². The van der Waals surface area contributed by atoms with Gasteiger partial charge in [0.25, 0.3) is 11.7 Å². The lowest BCUT2D eigenvalue weighted by molar-refractivity contribution is -0.132. The second-order valence-corrected chi connectivity index (χ2v) is 7.46. The average molecular weight is 443 g/mol. The van der Waals surface area contributed by atoms with Gasteiger partial charge < -0.3 is 14.6 Å². The van der Waals surface area contributed by atoms with Gasteiger partial charge in [-0.2, -0.15) is 0 Å². The van der Waals surface area contributed by atoms with E-state index < -0.39 is 17.7 Å². The van der Waals surface area contributed by atoms with Crippen molar-refractivity contribution in [3.63, 3.8) is 0 Å². The summed E-state index contributed by atoms with van der Waals surface area (Å²) < 4.78 is 11.0. The quantitative estimate of drug-likeness (QED) is 0.312. The van der Waals surface area contributed by atoms with Gasteiger partial charge in [0.1, 0.15) is 17.3 Å². The van der Waals surface area contributed by atoms with Crippen molar-refractivity contribution < 1.29 is 24.2 Å². The van der Waals surface area contributed by atoms with E-state index in [4.69, 9.17) is 9.47 Å². The van der Waals surface area contributed by atoms with Crippen LogP contribution in [0.5, 0.6) is 11.5 Å². The fourth-order valence-electron chi connectivity index (χ4n) is 3.95. The largest absolute Gasteiger partial charge is 0.507 e. The Morgan fingerprint density at radius 2 is 1.36 bits per heavy atom. The third-order valence-electron chi connectivity index (χ3n) is 5.42. The third-order valence-corrected chi connectivity index (χ3v) is 5.42. The lowest BCUT2D eigenvalue weighted by Crippen LogP contribution is -2.29. The Hall–Kier alpha value is -4.06. The first-order chi connectivity index (χ1) is 16.0. The second-order valence-electron chi connectivity index (χ2n) is 7.46. The molecule has 1 saturated heterocycles. The van der Waals surface area contributed by atoms with Crippen molar-refractivity contribution in [2.45, 2.75) is 19.9 Å². The van der Waals surface area contributed by atoms with Crippen molar-refractivity contribution in [3.05, 3.63) is 95.6 Å². The molecule has 0 saturated carbocycles. The van der Waals surface area contributed by atoms with Crippen molar-refractivity contribution in [2.24, 2.45) is 0 Å². The first-order valence-electron chi connectivity index (χ1n) is 10.9. The molecule has 1 atom stereocenters. The molecule has 0 spiro atoms. The monoisotopic (exact) mass is 443 g/mol. The molecule has 168 valence electrons. The number of benzene rings is 3. The van der Waals surface area contributed by atoms with Crippen LogP contribution in [0.25, 0.3) is 5.76 Å². The maximum atomic E-state index is 13.2. The van der Waals surface area contributed by atoms with Crippen molar-refractivity contribution in [1.82, 2.24) is 0 Å². The van der Waals surface area contributed by atoms with Crippen molar-refractivity contribution in [1.29, 1.82) is 0 Å². The molecule has 1 aliphatic rings. The van der Waals surface area contributed by atoms with E-state index in [0.717, 1.165) is 0 Å². The highest BCUT2D eigenvalue weighted by Crippen LogP contribution is 2.42. The number of nitrogens with zero attached hydrogens (tertiary/aromatic N) is 1. The summed E-state index contributed by atoms with van der Waals surface area (Å²) in [6.07, 6.45) is 0. The standard InChI is InChI=1S/C27H25NO5/c1-3-32-21-14-10-18(11-15-21)24-23(25(29)19-8-6-5-7-9-19)26(30)27(31)28(24)20-12-16-22(17-13-20)33-4-2/h5-17,24,29H,3-4H2,1-2H3/b25-23+. The Kier molecular flexibility index (Phi) is 6.45. The molecular formula is C27H25NO5. The summed E-state index contributed by atoms with van der Waals surface area (Å²) in [5.41, 5.74) is 1.73. The van der Waals surface area contributed by atoms with Gasteiger partial charge in [0.15, 0.2) is 0 Å². The minimum atomic E-state index is -0.793. The Labute approximate surface area is 192 Å². The van der Waals surface area contributed by atoms with Gasteiger partial charge in [-0.1, -0.05) is 42.5 Å². The Balaban J connectivity index is 1.85. The highest BCUT2D eigenvalue weighted by Gasteiger charge is 2.46. The van der Waals surface area contributed by atoms with E-state index in [1.165, 1.54) is 4.90 Å². The molecule has 1 unspecified atom stereocenters. The average Bonchev–Trinajstić information content (AvgIpc) is 3.11. The van der Waals surface area contributed by atoms with Crippen molar-refractivity contribution in [2.75, 3.05) is 18.1 Å². The molecule has 3 aromatic rings. The van der Waals surface area contributed by atoms with Crippen LogP contribution >= 0.6 is 0 Å². The van der Waals surface area contributed by atoms with E-state index in [9.17, 15) is 14.7 Å². The fraction of sp³-hybridized carbons (Fsp3) is 0.185. The minimum absolute atomic E-state index is 0.0456. The molecule has 1 amide bonds. The number of ketones is 1. The van der Waals surface area contributed by atoms with Gasteiger partial charge in [0.2, 0.25) is 0 Å². The number of aliphatic hydroxyl groups is 1. The van der Waals surface area contributed by atoms with Crippen LogP contribution in [0.3, 0.4) is 0 Å². The molecule has 0 radical (unpaired) electrons. The van der Waals surface area contributed by atoms with E-state index in [2.05, 4.69) is 0 Å². The van der Waals surface area contributed by atoms with Crippen LogP contribution in [-0.4, -0.2) is 30.0 Å². The summed E-state index contributed by atoms with van der Waals surface area (Å²) >= 11 is 0. The van der Waals surface area contributed by atoms with Crippen LogP contribution in [0.2, 0.25) is 0 Å². The molecule has 6 nitrogen and oxygen atoms in total. The van der Waals surface area contributed by atoms with Gasteiger partial charge in [0, 0.05) is 11.3 Å². The number of carbonyl (C=O) groups excluding carboxylic acids is 2. The number of amides is 1. The predicted molar refractivity (Wildman–Crippen MR) is 126 cm³/mol. The first kappa shape index (κ1) is 22.1. The number of aliphatic hydroxyl groups excluding tert-OH is 1. The first-order valence-corrected chi connectivity index (χ1v) is 10.9. The molecule has 4 rings (SSSR count). The normalized spacial score (nSPS) is 17.3. The zero-order valence-corrected chi connectivity index (χ0v) is 18.5. The Morgan fingerprint density at radius 1 is 0.818 bits per heavy atom. The molecule has 1 fully saturated rings. The Bertz CT molecular complexity index is 1170. The summed E-state index contributed by atoms with van der Waals surface area (Å²) in [5, 5.41) is 11.1. The molecule has 3 aromatic carbocycles. The van der Waals surface area contributed by atoms with Gasteiger partial charge in [0.05, 0.1) is 24.8 Å². The van der Waals surface area contributed by atoms with Crippen molar-refractivity contribution >= 4 is 23.1 Å². The minimum Gasteiger partial charge on any atom is -0.507 e. The zero-order chi connectivity index (χ0) is 23.4. The molecule has 1 aliphatic heterocycles. The van der Waals surface area contributed by atoms with Gasteiger partial charge in [-0.25, -0.2) is 0 Å². The van der Waals surface area contributed by atoms with E-state index in [1.807, 2.05) is 19.9 Å². The molecule has 33 heavy (non-hydrogen) atoms. The summed E-state index contributed by atoms with van der Waals surface area (Å²) in [5.74, 6) is -0.289. The summed E-state index contributed by atoms with van der Waals surface area (Å²) in [6.45, 7) is 4.83. The number of hydrogen-bond donors (Lipinski definition) is 1. The van der Waals surface area contributed by atoms with Gasteiger partial charge in [-0.15, -0.1) is 0 Å². The van der Waals surface area contributed by atoms with Gasteiger partial charge >= 0.3 is 0 Å². The van der Waals surface area contributed by atoms with E-state index in [1.54, 1.807) is 72.8 Å². The van der Waals surface area contributed by atoms with Crippen molar-refractivity contribution in [3.8, 4) is 11.5 Å². The highest BCUT2D eigenvalue weighted by atomic mass is 16.5. The van der Waals surface area contributed by atoms with Crippen LogP contribution in [-0.2, 0) is 9.59 Å². The van der Waals surface area contributed by atoms with Crippen LogP contribution in [0.4, 0.5) is 5.69 Å². The number of ether oxygens (including phenoxy) is 2. The van der Waals surface area contributed by atoms with Crippen LogP contribution in [0, 0.1) is 0 Å². The maximum Gasteiger partial charge on any atom is 0.300 e. The SMILES string of the molecule is CCOc1ccc(C2/C(=C(\O)c3ccccc3)C(=O)C(=O)N2c2ccc(OCC)cc2)cc1. The zero-order valence-electron chi connectivity index (χ0n) is 18.5.